The van der Waals surface area contributed by atoms with Crippen molar-refractivity contribution in [1.29, 1.82) is 0 Å². The summed E-state index contributed by atoms with van der Waals surface area (Å²) in [7, 11) is 1.58. The van der Waals surface area contributed by atoms with E-state index in [0.717, 1.165) is 16.1 Å². The van der Waals surface area contributed by atoms with Gasteiger partial charge in [-0.25, -0.2) is 0 Å². The van der Waals surface area contributed by atoms with E-state index in [1.165, 1.54) is 0 Å². The third-order valence-corrected chi connectivity index (χ3v) is 4.67. The van der Waals surface area contributed by atoms with Gasteiger partial charge in [-0.3, -0.25) is 4.79 Å². The number of allylic oxidation sites excluding steroid dienone is 1. The minimum atomic E-state index is -0.0324. The first kappa shape index (κ1) is 16.3. The lowest BCUT2D eigenvalue weighted by Crippen LogP contribution is -2.11. The van der Waals surface area contributed by atoms with Gasteiger partial charge in [-0.1, -0.05) is 12.1 Å². The van der Waals surface area contributed by atoms with Crippen molar-refractivity contribution in [2.45, 2.75) is 13.5 Å². The lowest BCUT2D eigenvalue weighted by Gasteiger charge is -2.17. The molecule has 3 rings (SSSR count). The van der Waals surface area contributed by atoms with Crippen LogP contribution in [0, 0.1) is 0 Å². The van der Waals surface area contributed by atoms with E-state index in [9.17, 15) is 4.79 Å². The first-order valence-electron chi connectivity index (χ1n) is 7.72. The number of ether oxygens (including phenoxy) is 2. The molecule has 2 aromatic heterocycles. The second kappa shape index (κ2) is 6.93. The molecule has 24 heavy (non-hydrogen) atoms. The molecule has 5 heteroatoms. The van der Waals surface area contributed by atoms with E-state index in [-0.39, 0.29) is 5.43 Å². The van der Waals surface area contributed by atoms with Crippen LogP contribution in [0.1, 0.15) is 6.92 Å². The highest BCUT2D eigenvalue weighted by Gasteiger charge is 2.15. The molecule has 0 fully saturated rings. The molecule has 0 atom stereocenters. The van der Waals surface area contributed by atoms with Gasteiger partial charge in [0, 0.05) is 24.1 Å². The number of hydrogen-bond acceptors (Lipinski definition) is 4. The van der Waals surface area contributed by atoms with E-state index in [1.807, 2.05) is 36.6 Å². The normalized spacial score (nSPS) is 10.8. The van der Waals surface area contributed by atoms with Gasteiger partial charge in [-0.05, 0) is 24.4 Å². The van der Waals surface area contributed by atoms with E-state index in [4.69, 9.17) is 9.47 Å². The zero-order chi connectivity index (χ0) is 17.1. The maximum absolute atomic E-state index is 12.7. The molecular formula is C19H19NO3S. The third-order valence-electron chi connectivity index (χ3n) is 3.78. The fourth-order valence-corrected chi connectivity index (χ4v) is 3.51. The first-order chi connectivity index (χ1) is 11.7. The number of hydrogen-bond donors (Lipinski definition) is 0. The summed E-state index contributed by atoms with van der Waals surface area (Å²) in [4.78, 5) is 13.7. The summed E-state index contributed by atoms with van der Waals surface area (Å²) in [6, 6.07) is 9.29. The minimum absolute atomic E-state index is 0.0324. The Bertz CT molecular complexity index is 926. The molecule has 0 aliphatic carbocycles. The van der Waals surface area contributed by atoms with Crippen molar-refractivity contribution in [3.05, 3.63) is 58.6 Å². The van der Waals surface area contributed by atoms with Crippen LogP contribution in [0.5, 0.6) is 11.5 Å². The summed E-state index contributed by atoms with van der Waals surface area (Å²) in [5.74, 6) is 1.20. The largest absolute Gasteiger partial charge is 0.493 e. The summed E-state index contributed by atoms with van der Waals surface area (Å²) >= 11 is 1.61. The van der Waals surface area contributed by atoms with Crippen molar-refractivity contribution in [2.24, 2.45) is 0 Å². The maximum atomic E-state index is 12.7. The Kier molecular flexibility index (Phi) is 4.71. The number of thiophene rings is 1. The van der Waals surface area contributed by atoms with E-state index in [0.29, 0.717) is 30.0 Å². The summed E-state index contributed by atoms with van der Waals surface area (Å²) < 4.78 is 13.1. The van der Waals surface area contributed by atoms with Gasteiger partial charge >= 0.3 is 0 Å². The second-order valence-electron chi connectivity index (χ2n) is 5.22. The van der Waals surface area contributed by atoms with Gasteiger partial charge in [0.1, 0.15) is 0 Å². The molecule has 0 saturated heterocycles. The Hall–Kier alpha value is -2.53. The van der Waals surface area contributed by atoms with E-state index in [2.05, 4.69) is 11.1 Å². The number of rotatable bonds is 6. The third kappa shape index (κ3) is 2.83. The summed E-state index contributed by atoms with van der Waals surface area (Å²) in [6.07, 6.45) is 1.83. The monoisotopic (exact) mass is 341 g/mol. The summed E-state index contributed by atoms with van der Waals surface area (Å²) in [5, 5.41) is 2.61. The fourth-order valence-electron chi connectivity index (χ4n) is 2.76. The molecular weight excluding hydrogens is 322 g/mol. The number of pyridine rings is 1. The Balaban J connectivity index is 2.37. The molecule has 0 N–H and O–H groups in total. The van der Waals surface area contributed by atoms with Gasteiger partial charge in [-0.2, -0.15) is 0 Å². The lowest BCUT2D eigenvalue weighted by atomic mass is 10.1. The molecule has 2 heterocycles. The van der Waals surface area contributed by atoms with Gasteiger partial charge < -0.3 is 14.0 Å². The van der Waals surface area contributed by atoms with Crippen LogP contribution < -0.4 is 14.9 Å². The predicted octanol–water partition coefficient (Wildman–Crippen LogP) is 4.32. The molecule has 0 saturated carbocycles. The molecule has 0 amide bonds. The Morgan fingerprint density at radius 1 is 1.29 bits per heavy atom. The van der Waals surface area contributed by atoms with Crippen LogP contribution in [0.2, 0.25) is 0 Å². The van der Waals surface area contributed by atoms with Crippen molar-refractivity contribution in [3.8, 4) is 22.1 Å². The zero-order valence-corrected chi connectivity index (χ0v) is 14.6. The van der Waals surface area contributed by atoms with Gasteiger partial charge in [0.15, 0.2) is 16.9 Å². The highest BCUT2D eigenvalue weighted by Crippen LogP contribution is 2.34. The Labute approximate surface area is 144 Å². The molecule has 124 valence electrons. The van der Waals surface area contributed by atoms with E-state index in [1.54, 1.807) is 30.6 Å². The van der Waals surface area contributed by atoms with Crippen LogP contribution in [0.3, 0.4) is 0 Å². The van der Waals surface area contributed by atoms with Gasteiger partial charge in [-0.15, -0.1) is 17.9 Å². The van der Waals surface area contributed by atoms with Crippen molar-refractivity contribution in [3.63, 3.8) is 0 Å². The Morgan fingerprint density at radius 2 is 2.12 bits per heavy atom. The Morgan fingerprint density at radius 3 is 2.75 bits per heavy atom. The van der Waals surface area contributed by atoms with Crippen LogP contribution in [-0.2, 0) is 6.54 Å². The average molecular weight is 341 g/mol. The average Bonchev–Trinajstić information content (AvgIpc) is 3.11. The molecule has 4 nitrogen and oxygen atoms in total. The number of nitrogens with zero attached hydrogens (tertiary/aromatic N) is 1. The topological polar surface area (TPSA) is 40.5 Å². The number of benzene rings is 1. The molecule has 0 aliphatic heterocycles. The minimum Gasteiger partial charge on any atom is -0.493 e. The second-order valence-corrected chi connectivity index (χ2v) is 6.17. The summed E-state index contributed by atoms with van der Waals surface area (Å²) in [6.45, 7) is 6.89. The number of aromatic nitrogens is 1. The molecule has 0 bridgehead atoms. The molecule has 0 unspecified atom stereocenters. The lowest BCUT2D eigenvalue weighted by molar-refractivity contribution is 0.311. The van der Waals surface area contributed by atoms with Crippen LogP contribution in [0.15, 0.2) is 53.2 Å². The fraction of sp³-hybridized carbons (Fsp3) is 0.211. The highest BCUT2D eigenvalue weighted by atomic mass is 32.1. The molecule has 0 radical (unpaired) electrons. The van der Waals surface area contributed by atoms with Crippen LogP contribution in [0.4, 0.5) is 0 Å². The summed E-state index contributed by atoms with van der Waals surface area (Å²) in [5.41, 5.74) is 1.67. The van der Waals surface area contributed by atoms with Crippen molar-refractivity contribution in [1.82, 2.24) is 4.57 Å². The van der Waals surface area contributed by atoms with E-state index >= 15 is 0 Å². The van der Waals surface area contributed by atoms with Crippen LogP contribution in [0.25, 0.3) is 21.5 Å². The molecule has 0 spiro atoms. The predicted molar refractivity (Wildman–Crippen MR) is 99.4 cm³/mol. The standard InChI is InChI=1S/C19H19NO3S/c1-4-8-20-14-12-18(23-5-2)17(22-3)10-13(14)16(21)11-15(20)19-7-6-9-24-19/h4,6-7,9-12H,1,5,8H2,2-3H3. The molecule has 3 aromatic rings. The SMILES string of the molecule is C=CCn1c(-c2cccs2)cc(=O)c2cc(OC)c(OCC)cc21. The van der Waals surface area contributed by atoms with E-state index < -0.39 is 0 Å². The van der Waals surface area contributed by atoms with Crippen molar-refractivity contribution < 1.29 is 9.47 Å². The quantitative estimate of drug-likeness (QED) is 0.627. The van der Waals surface area contributed by atoms with Crippen LogP contribution >= 0.6 is 11.3 Å². The highest BCUT2D eigenvalue weighted by molar-refractivity contribution is 7.13. The number of fused-ring (bicyclic) bond motifs is 1. The molecule has 1 aromatic carbocycles. The van der Waals surface area contributed by atoms with Crippen LogP contribution in [-0.4, -0.2) is 18.3 Å². The van der Waals surface area contributed by atoms with Gasteiger partial charge in [0.25, 0.3) is 0 Å². The van der Waals surface area contributed by atoms with Crippen molar-refractivity contribution in [2.75, 3.05) is 13.7 Å². The maximum Gasteiger partial charge on any atom is 0.190 e. The number of methoxy groups -OCH3 is 1. The molecule has 0 aliphatic rings. The van der Waals surface area contributed by atoms with Crippen molar-refractivity contribution >= 4 is 22.2 Å². The van der Waals surface area contributed by atoms with Gasteiger partial charge in [0.05, 0.1) is 29.8 Å². The first-order valence-corrected chi connectivity index (χ1v) is 8.60. The smallest absolute Gasteiger partial charge is 0.190 e. The zero-order valence-electron chi connectivity index (χ0n) is 13.7. The van der Waals surface area contributed by atoms with Gasteiger partial charge in [0.2, 0.25) is 0 Å².